The van der Waals surface area contributed by atoms with Gasteiger partial charge in [-0.1, -0.05) is 41.4 Å². The largest absolute Gasteiger partial charge is 0.479 e. The monoisotopic (exact) mass is 400 g/mol. The quantitative estimate of drug-likeness (QED) is 0.521. The molecule has 0 fully saturated rings. The molecule has 0 aliphatic carbocycles. The van der Waals surface area contributed by atoms with Crippen LogP contribution in [-0.2, 0) is 4.79 Å². The Labute approximate surface area is 168 Å². The lowest BCUT2D eigenvalue weighted by Gasteiger charge is -2.16. The number of hydrogen-bond donors (Lipinski definition) is 2. The molecule has 0 unspecified atom stereocenters. The van der Waals surface area contributed by atoms with Crippen LogP contribution in [0.3, 0.4) is 0 Å². The number of nitrogens with one attached hydrogen (secondary N) is 2. The Morgan fingerprint density at radius 2 is 1.52 bits per heavy atom. The summed E-state index contributed by atoms with van der Waals surface area (Å²) in [4.78, 5) is 12.4. The van der Waals surface area contributed by atoms with Gasteiger partial charge < -0.3 is 15.4 Å². The van der Waals surface area contributed by atoms with Gasteiger partial charge in [0.05, 0.1) is 5.02 Å². The van der Waals surface area contributed by atoms with E-state index in [1.807, 2.05) is 54.6 Å². The highest BCUT2D eigenvalue weighted by Gasteiger charge is 2.16. The summed E-state index contributed by atoms with van der Waals surface area (Å²) in [5.41, 5.74) is 2.60. The SMILES string of the molecule is C[C@H](Oc1ccc(Cl)cc1Cl)C(=O)Nc1ccc(Nc2ccccc2)cc1. The molecular formula is C21H18Cl2N2O2. The number of hydrogen-bond acceptors (Lipinski definition) is 3. The van der Waals surface area contributed by atoms with Crippen molar-refractivity contribution in [2.24, 2.45) is 0 Å². The molecule has 0 saturated heterocycles. The average molecular weight is 401 g/mol. The van der Waals surface area contributed by atoms with Gasteiger partial charge in [-0.25, -0.2) is 0 Å². The Kier molecular flexibility index (Phi) is 6.22. The summed E-state index contributed by atoms with van der Waals surface area (Å²) >= 11 is 11.9. The van der Waals surface area contributed by atoms with Crippen molar-refractivity contribution in [3.05, 3.63) is 82.8 Å². The summed E-state index contributed by atoms with van der Waals surface area (Å²) in [5, 5.41) is 6.98. The third-order valence-electron chi connectivity index (χ3n) is 3.78. The van der Waals surface area contributed by atoms with Gasteiger partial charge in [0.25, 0.3) is 5.91 Å². The van der Waals surface area contributed by atoms with Gasteiger partial charge in [-0.15, -0.1) is 0 Å². The van der Waals surface area contributed by atoms with Crippen LogP contribution in [-0.4, -0.2) is 12.0 Å². The van der Waals surface area contributed by atoms with Crippen LogP contribution < -0.4 is 15.4 Å². The second-order valence-corrected chi connectivity index (χ2v) is 6.74. The Balaban J connectivity index is 1.58. The van der Waals surface area contributed by atoms with Gasteiger partial charge in [-0.05, 0) is 61.5 Å². The molecule has 2 N–H and O–H groups in total. The number of anilines is 3. The maximum atomic E-state index is 12.4. The first-order chi connectivity index (χ1) is 13.0. The molecule has 1 atom stereocenters. The molecule has 1 amide bonds. The lowest BCUT2D eigenvalue weighted by atomic mass is 10.2. The van der Waals surface area contributed by atoms with Crippen LogP contribution in [0, 0.1) is 0 Å². The van der Waals surface area contributed by atoms with Gasteiger partial charge >= 0.3 is 0 Å². The molecule has 3 aromatic rings. The Morgan fingerprint density at radius 3 is 2.19 bits per heavy atom. The number of amides is 1. The highest BCUT2D eigenvalue weighted by molar-refractivity contribution is 6.35. The summed E-state index contributed by atoms with van der Waals surface area (Å²) in [7, 11) is 0. The number of rotatable bonds is 6. The number of halogens is 2. The predicted octanol–water partition coefficient (Wildman–Crippen LogP) is 6.14. The molecule has 138 valence electrons. The van der Waals surface area contributed by atoms with Gasteiger partial charge in [0, 0.05) is 22.1 Å². The summed E-state index contributed by atoms with van der Waals surface area (Å²) in [6, 6.07) is 22.2. The van der Waals surface area contributed by atoms with Crippen molar-refractivity contribution >= 4 is 46.2 Å². The van der Waals surface area contributed by atoms with Crippen LogP contribution in [0.25, 0.3) is 0 Å². The van der Waals surface area contributed by atoms with Crippen molar-refractivity contribution in [3.63, 3.8) is 0 Å². The van der Waals surface area contributed by atoms with Crippen molar-refractivity contribution < 1.29 is 9.53 Å². The van der Waals surface area contributed by atoms with E-state index in [1.54, 1.807) is 25.1 Å². The highest BCUT2D eigenvalue weighted by Crippen LogP contribution is 2.28. The minimum absolute atomic E-state index is 0.273. The summed E-state index contributed by atoms with van der Waals surface area (Å²) in [6.07, 6.45) is -0.717. The first kappa shape index (κ1) is 19.1. The molecule has 3 rings (SSSR count). The molecule has 27 heavy (non-hydrogen) atoms. The molecule has 6 heteroatoms. The highest BCUT2D eigenvalue weighted by atomic mass is 35.5. The standard InChI is InChI=1S/C21H18Cl2N2O2/c1-14(27-20-12-7-15(22)13-19(20)23)21(26)25-18-10-8-17(9-11-18)24-16-5-3-2-4-6-16/h2-14,24H,1H3,(H,25,26)/t14-/m0/s1. The minimum atomic E-state index is -0.717. The second-order valence-electron chi connectivity index (χ2n) is 5.89. The zero-order chi connectivity index (χ0) is 19.2. The van der Waals surface area contributed by atoms with Gasteiger partial charge in [0.1, 0.15) is 5.75 Å². The van der Waals surface area contributed by atoms with E-state index in [0.717, 1.165) is 11.4 Å². The van der Waals surface area contributed by atoms with Crippen molar-refractivity contribution in [2.45, 2.75) is 13.0 Å². The Morgan fingerprint density at radius 1 is 0.889 bits per heavy atom. The maximum Gasteiger partial charge on any atom is 0.265 e. The molecular weight excluding hydrogens is 383 g/mol. The number of carbonyl (C=O) groups excluding carboxylic acids is 1. The van der Waals surface area contributed by atoms with E-state index in [1.165, 1.54) is 0 Å². The third kappa shape index (κ3) is 5.39. The molecule has 3 aromatic carbocycles. The average Bonchev–Trinajstić information content (AvgIpc) is 2.66. The zero-order valence-corrected chi connectivity index (χ0v) is 16.1. The van der Waals surface area contributed by atoms with E-state index in [-0.39, 0.29) is 5.91 Å². The van der Waals surface area contributed by atoms with Crippen molar-refractivity contribution in [2.75, 3.05) is 10.6 Å². The van der Waals surface area contributed by atoms with Gasteiger partial charge in [-0.3, -0.25) is 4.79 Å². The summed E-state index contributed by atoms with van der Waals surface area (Å²) in [5.74, 6) is 0.135. The summed E-state index contributed by atoms with van der Waals surface area (Å²) < 4.78 is 5.62. The first-order valence-electron chi connectivity index (χ1n) is 8.36. The van der Waals surface area contributed by atoms with Crippen molar-refractivity contribution in [3.8, 4) is 5.75 Å². The lowest BCUT2D eigenvalue weighted by molar-refractivity contribution is -0.122. The molecule has 0 spiro atoms. The van der Waals surface area contributed by atoms with Gasteiger partial charge in [0.2, 0.25) is 0 Å². The molecule has 0 saturated carbocycles. The first-order valence-corrected chi connectivity index (χ1v) is 9.11. The topological polar surface area (TPSA) is 50.4 Å². The van der Waals surface area contributed by atoms with Crippen LogP contribution >= 0.6 is 23.2 Å². The molecule has 4 nitrogen and oxygen atoms in total. The number of carbonyl (C=O) groups is 1. The Bertz CT molecular complexity index is 915. The molecule has 0 heterocycles. The maximum absolute atomic E-state index is 12.4. The zero-order valence-electron chi connectivity index (χ0n) is 14.6. The van der Waals surface area contributed by atoms with E-state index in [2.05, 4.69) is 10.6 Å². The fourth-order valence-corrected chi connectivity index (χ4v) is 2.84. The summed E-state index contributed by atoms with van der Waals surface area (Å²) in [6.45, 7) is 1.66. The van der Waals surface area contributed by atoms with E-state index in [4.69, 9.17) is 27.9 Å². The fourth-order valence-electron chi connectivity index (χ4n) is 2.38. The number of ether oxygens (including phenoxy) is 1. The van der Waals surface area contributed by atoms with Crippen molar-refractivity contribution in [1.82, 2.24) is 0 Å². The number of para-hydroxylation sites is 1. The third-order valence-corrected chi connectivity index (χ3v) is 4.31. The van der Waals surface area contributed by atoms with Crippen LogP contribution in [0.2, 0.25) is 10.0 Å². The van der Waals surface area contributed by atoms with E-state index in [0.29, 0.717) is 21.5 Å². The van der Waals surface area contributed by atoms with Crippen LogP contribution in [0.1, 0.15) is 6.92 Å². The predicted molar refractivity (Wildman–Crippen MR) is 111 cm³/mol. The van der Waals surface area contributed by atoms with E-state index in [9.17, 15) is 4.79 Å². The molecule has 0 aliphatic rings. The van der Waals surface area contributed by atoms with Crippen LogP contribution in [0.15, 0.2) is 72.8 Å². The van der Waals surface area contributed by atoms with Gasteiger partial charge in [-0.2, -0.15) is 0 Å². The smallest absolute Gasteiger partial charge is 0.265 e. The van der Waals surface area contributed by atoms with Crippen molar-refractivity contribution in [1.29, 1.82) is 0 Å². The molecule has 0 aromatic heterocycles. The Hall–Kier alpha value is -2.69. The number of benzene rings is 3. The minimum Gasteiger partial charge on any atom is -0.479 e. The normalized spacial score (nSPS) is 11.5. The van der Waals surface area contributed by atoms with Crippen LogP contribution in [0.5, 0.6) is 5.75 Å². The van der Waals surface area contributed by atoms with E-state index < -0.39 is 6.10 Å². The second kappa shape index (κ2) is 8.80. The lowest BCUT2D eigenvalue weighted by Crippen LogP contribution is -2.30. The molecule has 0 bridgehead atoms. The van der Waals surface area contributed by atoms with Crippen LogP contribution in [0.4, 0.5) is 17.1 Å². The fraction of sp³-hybridized carbons (Fsp3) is 0.0952. The molecule has 0 radical (unpaired) electrons. The molecule has 0 aliphatic heterocycles. The van der Waals surface area contributed by atoms with Gasteiger partial charge in [0.15, 0.2) is 6.10 Å². The van der Waals surface area contributed by atoms with E-state index >= 15 is 0 Å².